The van der Waals surface area contributed by atoms with Crippen LogP contribution in [-0.4, -0.2) is 4.98 Å². The first-order valence-corrected chi connectivity index (χ1v) is 4.29. The van der Waals surface area contributed by atoms with E-state index in [-0.39, 0.29) is 6.54 Å². The lowest BCUT2D eigenvalue weighted by Gasteiger charge is -1.92. The Kier molecular flexibility index (Phi) is 2.17. The van der Waals surface area contributed by atoms with Gasteiger partial charge in [0.1, 0.15) is 5.52 Å². The van der Waals surface area contributed by atoms with Crippen LogP contribution >= 0.6 is 0 Å². The number of fused-ring (bicyclic) bond motifs is 1. The molecular formula is C10H9N3O. The van der Waals surface area contributed by atoms with E-state index < -0.39 is 0 Å². The molecule has 0 aliphatic heterocycles. The van der Waals surface area contributed by atoms with Crippen molar-refractivity contribution in [2.24, 2.45) is 5.73 Å². The van der Waals surface area contributed by atoms with E-state index in [2.05, 4.69) is 11.1 Å². The Morgan fingerprint density at radius 1 is 1.50 bits per heavy atom. The van der Waals surface area contributed by atoms with Crippen molar-refractivity contribution in [2.45, 2.75) is 13.0 Å². The molecule has 70 valence electrons. The van der Waals surface area contributed by atoms with Gasteiger partial charge in [-0.25, -0.2) is 4.98 Å². The first kappa shape index (κ1) is 8.73. The van der Waals surface area contributed by atoms with Gasteiger partial charge in [0, 0.05) is 0 Å². The first-order valence-electron chi connectivity index (χ1n) is 4.29. The van der Waals surface area contributed by atoms with Crippen molar-refractivity contribution in [3.63, 3.8) is 0 Å². The molecule has 1 aromatic heterocycles. The molecule has 2 aromatic rings. The third kappa shape index (κ3) is 1.34. The summed E-state index contributed by atoms with van der Waals surface area (Å²) in [7, 11) is 0. The minimum atomic E-state index is 0.278. The van der Waals surface area contributed by atoms with Crippen molar-refractivity contribution in [1.29, 1.82) is 5.26 Å². The molecule has 0 saturated heterocycles. The molecule has 0 aliphatic carbocycles. The summed E-state index contributed by atoms with van der Waals surface area (Å²) in [6.45, 7) is 0.278. The fraction of sp³-hybridized carbons (Fsp3) is 0.200. The van der Waals surface area contributed by atoms with Gasteiger partial charge in [0.2, 0.25) is 5.89 Å². The number of hydrogen-bond acceptors (Lipinski definition) is 4. The summed E-state index contributed by atoms with van der Waals surface area (Å²) in [4.78, 5) is 4.21. The number of oxazole rings is 1. The van der Waals surface area contributed by atoms with Gasteiger partial charge in [-0.05, 0) is 11.6 Å². The summed E-state index contributed by atoms with van der Waals surface area (Å²) in [5.74, 6) is 0.505. The van der Waals surface area contributed by atoms with Gasteiger partial charge in [-0.2, -0.15) is 5.26 Å². The normalized spacial score (nSPS) is 10.3. The zero-order chi connectivity index (χ0) is 9.97. The summed E-state index contributed by atoms with van der Waals surface area (Å²) in [6.07, 6.45) is 0.341. The summed E-state index contributed by atoms with van der Waals surface area (Å²) >= 11 is 0. The van der Waals surface area contributed by atoms with Crippen LogP contribution in [0.15, 0.2) is 22.6 Å². The second kappa shape index (κ2) is 3.48. The van der Waals surface area contributed by atoms with Gasteiger partial charge in [0.05, 0.1) is 19.0 Å². The van der Waals surface area contributed by atoms with Gasteiger partial charge in [-0.1, -0.05) is 12.1 Å². The molecule has 1 heterocycles. The van der Waals surface area contributed by atoms with E-state index in [4.69, 9.17) is 15.4 Å². The maximum atomic E-state index is 8.61. The molecule has 2 N–H and O–H groups in total. The highest BCUT2D eigenvalue weighted by molar-refractivity contribution is 5.76. The number of para-hydroxylation sites is 1. The van der Waals surface area contributed by atoms with E-state index in [1.165, 1.54) is 0 Å². The standard InChI is InChI=1S/C10H9N3O/c11-5-4-7-2-1-3-8-10(7)13-9(6-12)14-8/h1-3H,4,6,12H2. The molecule has 0 fully saturated rings. The average Bonchev–Trinajstić information content (AvgIpc) is 2.62. The SMILES string of the molecule is N#CCc1cccc2oc(CN)nc12. The molecule has 0 unspecified atom stereocenters. The highest BCUT2D eigenvalue weighted by atomic mass is 16.3. The maximum absolute atomic E-state index is 8.61. The summed E-state index contributed by atoms with van der Waals surface area (Å²) in [5, 5.41) is 8.61. The molecule has 0 radical (unpaired) electrons. The van der Waals surface area contributed by atoms with Gasteiger partial charge in [-0.15, -0.1) is 0 Å². The van der Waals surface area contributed by atoms with Crippen LogP contribution in [0, 0.1) is 11.3 Å². The van der Waals surface area contributed by atoms with Gasteiger partial charge < -0.3 is 10.2 Å². The van der Waals surface area contributed by atoms with Crippen LogP contribution in [0.4, 0.5) is 0 Å². The molecule has 1 aromatic carbocycles. The van der Waals surface area contributed by atoms with E-state index in [0.717, 1.165) is 11.1 Å². The zero-order valence-corrected chi connectivity index (χ0v) is 7.53. The predicted octanol–water partition coefficient (Wildman–Crippen LogP) is 1.35. The van der Waals surface area contributed by atoms with E-state index in [1.54, 1.807) is 0 Å². The smallest absolute Gasteiger partial charge is 0.209 e. The minimum Gasteiger partial charge on any atom is -0.439 e. The van der Waals surface area contributed by atoms with Gasteiger partial charge in [0.25, 0.3) is 0 Å². The first-order chi connectivity index (χ1) is 6.85. The molecule has 4 heteroatoms. The third-order valence-corrected chi connectivity index (χ3v) is 1.99. The molecule has 0 spiro atoms. The van der Waals surface area contributed by atoms with Crippen molar-refractivity contribution in [1.82, 2.24) is 4.98 Å². The molecular weight excluding hydrogens is 178 g/mol. The summed E-state index contributed by atoms with van der Waals surface area (Å²) < 4.78 is 5.36. The molecule has 0 amide bonds. The zero-order valence-electron chi connectivity index (χ0n) is 7.53. The van der Waals surface area contributed by atoms with Crippen LogP contribution in [-0.2, 0) is 13.0 Å². The Morgan fingerprint density at radius 3 is 3.07 bits per heavy atom. The van der Waals surface area contributed by atoms with Crippen molar-refractivity contribution < 1.29 is 4.42 Å². The molecule has 0 atom stereocenters. The Morgan fingerprint density at radius 2 is 2.36 bits per heavy atom. The monoisotopic (exact) mass is 187 g/mol. The number of benzene rings is 1. The van der Waals surface area contributed by atoms with Crippen LogP contribution in [0.2, 0.25) is 0 Å². The molecule has 14 heavy (non-hydrogen) atoms. The van der Waals surface area contributed by atoms with Crippen LogP contribution in [0.3, 0.4) is 0 Å². The van der Waals surface area contributed by atoms with E-state index >= 15 is 0 Å². The average molecular weight is 187 g/mol. The van der Waals surface area contributed by atoms with Crippen LogP contribution in [0.1, 0.15) is 11.5 Å². The second-order valence-electron chi connectivity index (χ2n) is 2.91. The van der Waals surface area contributed by atoms with Crippen molar-refractivity contribution in [3.05, 3.63) is 29.7 Å². The Hall–Kier alpha value is -1.86. The minimum absolute atomic E-state index is 0.278. The lowest BCUT2D eigenvalue weighted by atomic mass is 10.1. The number of nitrogens with two attached hydrogens (primary N) is 1. The van der Waals surface area contributed by atoms with Gasteiger partial charge >= 0.3 is 0 Å². The number of rotatable bonds is 2. The number of hydrogen-bond donors (Lipinski definition) is 1. The van der Waals surface area contributed by atoms with Gasteiger partial charge in [-0.3, -0.25) is 0 Å². The maximum Gasteiger partial charge on any atom is 0.209 e. The Bertz CT molecular complexity index is 496. The Balaban J connectivity index is 2.62. The summed E-state index contributed by atoms with van der Waals surface area (Å²) in [5.41, 5.74) is 7.74. The quantitative estimate of drug-likeness (QED) is 0.769. The lowest BCUT2D eigenvalue weighted by Crippen LogP contribution is -1.95. The van der Waals surface area contributed by atoms with Crippen LogP contribution < -0.4 is 5.73 Å². The topological polar surface area (TPSA) is 75.8 Å². The summed E-state index contributed by atoms with van der Waals surface area (Å²) in [6, 6.07) is 7.63. The number of nitriles is 1. The van der Waals surface area contributed by atoms with E-state index in [1.807, 2.05) is 18.2 Å². The van der Waals surface area contributed by atoms with E-state index in [9.17, 15) is 0 Å². The fourth-order valence-electron chi connectivity index (χ4n) is 1.37. The van der Waals surface area contributed by atoms with Crippen LogP contribution in [0.25, 0.3) is 11.1 Å². The number of nitrogens with zero attached hydrogens (tertiary/aromatic N) is 2. The molecule has 0 bridgehead atoms. The van der Waals surface area contributed by atoms with Crippen molar-refractivity contribution in [3.8, 4) is 6.07 Å². The highest BCUT2D eigenvalue weighted by Gasteiger charge is 2.07. The fourth-order valence-corrected chi connectivity index (χ4v) is 1.37. The van der Waals surface area contributed by atoms with E-state index in [0.29, 0.717) is 17.9 Å². The number of aromatic nitrogens is 1. The predicted molar refractivity (Wildman–Crippen MR) is 51.2 cm³/mol. The van der Waals surface area contributed by atoms with Crippen molar-refractivity contribution in [2.75, 3.05) is 0 Å². The molecule has 0 saturated carbocycles. The molecule has 4 nitrogen and oxygen atoms in total. The van der Waals surface area contributed by atoms with Gasteiger partial charge in [0.15, 0.2) is 5.58 Å². The third-order valence-electron chi connectivity index (χ3n) is 1.99. The Labute approximate surface area is 81.0 Å². The lowest BCUT2D eigenvalue weighted by molar-refractivity contribution is 0.533. The molecule has 0 aliphatic rings. The molecule has 2 rings (SSSR count). The highest BCUT2D eigenvalue weighted by Crippen LogP contribution is 2.19. The second-order valence-corrected chi connectivity index (χ2v) is 2.91. The largest absolute Gasteiger partial charge is 0.439 e. The van der Waals surface area contributed by atoms with Crippen molar-refractivity contribution >= 4 is 11.1 Å². The van der Waals surface area contributed by atoms with Crippen LogP contribution in [0.5, 0.6) is 0 Å².